The molecular weight excluding hydrogens is 202 g/mol. The first-order valence-corrected chi connectivity index (χ1v) is 6.25. The summed E-state index contributed by atoms with van der Waals surface area (Å²) >= 11 is 0. The van der Waals surface area contributed by atoms with E-state index >= 15 is 0 Å². The molecule has 0 saturated carbocycles. The normalized spacial score (nSPS) is 35.0. The summed E-state index contributed by atoms with van der Waals surface area (Å²) in [4.78, 5) is 16.6. The van der Waals surface area contributed by atoms with Crippen LogP contribution < -0.4 is 5.32 Å². The average molecular weight is 225 g/mol. The number of amides is 1. The largest absolute Gasteiger partial charge is 0.341 e. The number of hydrogen-bond donors (Lipinski definition) is 1. The Kier molecular flexibility index (Phi) is 3.50. The second kappa shape index (κ2) is 4.72. The van der Waals surface area contributed by atoms with Gasteiger partial charge < -0.3 is 15.1 Å². The van der Waals surface area contributed by atoms with Crippen LogP contribution in [-0.4, -0.2) is 62.0 Å². The Hall–Kier alpha value is -0.610. The lowest BCUT2D eigenvalue weighted by atomic mass is 9.97. The molecule has 0 aromatic heterocycles. The van der Waals surface area contributed by atoms with E-state index in [0.717, 1.165) is 32.6 Å². The number of nitrogens with zero attached hydrogens (tertiary/aromatic N) is 2. The van der Waals surface area contributed by atoms with Crippen LogP contribution in [0.3, 0.4) is 0 Å². The molecule has 2 saturated heterocycles. The molecule has 2 rings (SSSR count). The van der Waals surface area contributed by atoms with Crippen molar-refractivity contribution in [1.82, 2.24) is 15.1 Å². The van der Waals surface area contributed by atoms with E-state index in [1.54, 1.807) is 0 Å². The predicted octanol–water partition coefficient (Wildman–Crippen LogP) is 0.00440. The molecule has 1 amide bonds. The molecule has 1 unspecified atom stereocenters. The van der Waals surface area contributed by atoms with E-state index in [1.165, 1.54) is 0 Å². The van der Waals surface area contributed by atoms with E-state index < -0.39 is 0 Å². The van der Waals surface area contributed by atoms with Gasteiger partial charge in [-0.25, -0.2) is 0 Å². The Morgan fingerprint density at radius 2 is 2.12 bits per heavy atom. The summed E-state index contributed by atoms with van der Waals surface area (Å²) in [6.45, 7) is 5.87. The lowest BCUT2D eigenvalue weighted by Gasteiger charge is -2.24. The van der Waals surface area contributed by atoms with Gasteiger partial charge in [0.05, 0.1) is 5.92 Å². The third-order valence-electron chi connectivity index (χ3n) is 4.04. The standard InChI is InChI=1S/C12H23N3O/c1-9-6-13-7-11(9)12(16)15-5-4-10(8-15)14(2)3/h9-11,13H,4-8H2,1-3H3/t9-,10?,11-/m1/s1. The predicted molar refractivity (Wildman–Crippen MR) is 64.2 cm³/mol. The number of carbonyl (C=O) groups is 1. The highest BCUT2D eigenvalue weighted by Crippen LogP contribution is 2.22. The van der Waals surface area contributed by atoms with Crippen molar-refractivity contribution < 1.29 is 4.79 Å². The highest BCUT2D eigenvalue weighted by Gasteiger charge is 2.36. The molecule has 2 heterocycles. The van der Waals surface area contributed by atoms with Gasteiger partial charge in [0.15, 0.2) is 0 Å². The third kappa shape index (κ3) is 2.23. The molecular formula is C12H23N3O. The fourth-order valence-electron chi connectivity index (χ4n) is 2.74. The van der Waals surface area contributed by atoms with Crippen LogP contribution in [0.4, 0.5) is 0 Å². The van der Waals surface area contributed by atoms with Gasteiger partial charge in [-0.1, -0.05) is 6.92 Å². The zero-order valence-electron chi connectivity index (χ0n) is 10.6. The lowest BCUT2D eigenvalue weighted by molar-refractivity contribution is -0.135. The first-order valence-electron chi connectivity index (χ1n) is 6.25. The van der Waals surface area contributed by atoms with Gasteiger partial charge in [0.2, 0.25) is 5.91 Å². The molecule has 2 fully saturated rings. The average Bonchev–Trinajstić information content (AvgIpc) is 2.84. The van der Waals surface area contributed by atoms with Crippen molar-refractivity contribution in [3.05, 3.63) is 0 Å². The van der Waals surface area contributed by atoms with E-state index in [2.05, 4.69) is 36.1 Å². The SMILES string of the molecule is C[C@@H]1CNC[C@H]1C(=O)N1CCC(N(C)C)C1. The number of nitrogens with one attached hydrogen (secondary N) is 1. The molecule has 2 aliphatic heterocycles. The van der Waals surface area contributed by atoms with Crippen molar-refractivity contribution in [2.24, 2.45) is 11.8 Å². The molecule has 0 aliphatic carbocycles. The summed E-state index contributed by atoms with van der Waals surface area (Å²) in [6.07, 6.45) is 1.12. The lowest BCUT2D eigenvalue weighted by Crippen LogP contribution is -2.39. The number of likely N-dealkylation sites (tertiary alicyclic amines) is 1. The van der Waals surface area contributed by atoms with Gasteiger partial charge in [0.25, 0.3) is 0 Å². The van der Waals surface area contributed by atoms with Crippen LogP contribution in [-0.2, 0) is 4.79 Å². The summed E-state index contributed by atoms with van der Waals surface area (Å²) in [5, 5.41) is 3.30. The van der Waals surface area contributed by atoms with E-state index in [0.29, 0.717) is 17.9 Å². The van der Waals surface area contributed by atoms with Crippen LogP contribution in [0.15, 0.2) is 0 Å². The smallest absolute Gasteiger partial charge is 0.227 e. The topological polar surface area (TPSA) is 35.6 Å². The van der Waals surface area contributed by atoms with Gasteiger partial charge in [-0.3, -0.25) is 4.79 Å². The fourth-order valence-corrected chi connectivity index (χ4v) is 2.74. The van der Waals surface area contributed by atoms with Gasteiger partial charge in [-0.05, 0) is 33.0 Å². The van der Waals surface area contributed by atoms with Crippen LogP contribution in [0.5, 0.6) is 0 Å². The van der Waals surface area contributed by atoms with Gasteiger partial charge in [0, 0.05) is 25.7 Å². The molecule has 0 aromatic rings. The minimum atomic E-state index is 0.209. The van der Waals surface area contributed by atoms with Crippen LogP contribution >= 0.6 is 0 Å². The Labute approximate surface area is 98.0 Å². The molecule has 0 spiro atoms. The minimum Gasteiger partial charge on any atom is -0.341 e. The molecule has 92 valence electrons. The summed E-state index contributed by atoms with van der Waals surface area (Å²) in [6, 6.07) is 0.550. The Morgan fingerprint density at radius 3 is 2.62 bits per heavy atom. The van der Waals surface area contributed by atoms with Crippen molar-refractivity contribution in [2.75, 3.05) is 40.3 Å². The Morgan fingerprint density at radius 1 is 1.38 bits per heavy atom. The van der Waals surface area contributed by atoms with Crippen molar-refractivity contribution in [3.8, 4) is 0 Å². The van der Waals surface area contributed by atoms with Crippen LogP contribution in [0.25, 0.3) is 0 Å². The fraction of sp³-hybridized carbons (Fsp3) is 0.917. The maximum absolute atomic E-state index is 12.3. The van der Waals surface area contributed by atoms with Gasteiger partial charge >= 0.3 is 0 Å². The second-order valence-electron chi connectivity index (χ2n) is 5.43. The summed E-state index contributed by atoms with van der Waals surface area (Å²) in [5.41, 5.74) is 0. The zero-order valence-corrected chi connectivity index (χ0v) is 10.6. The molecule has 0 aromatic carbocycles. The van der Waals surface area contributed by atoms with Gasteiger partial charge in [-0.2, -0.15) is 0 Å². The van der Waals surface area contributed by atoms with Crippen molar-refractivity contribution in [2.45, 2.75) is 19.4 Å². The third-order valence-corrected chi connectivity index (χ3v) is 4.04. The van der Waals surface area contributed by atoms with Crippen LogP contribution in [0.2, 0.25) is 0 Å². The van der Waals surface area contributed by atoms with Crippen LogP contribution in [0, 0.1) is 11.8 Å². The molecule has 16 heavy (non-hydrogen) atoms. The zero-order chi connectivity index (χ0) is 11.7. The highest BCUT2D eigenvalue weighted by atomic mass is 16.2. The molecule has 0 radical (unpaired) electrons. The first kappa shape index (κ1) is 11.9. The Bertz CT molecular complexity index is 267. The Balaban J connectivity index is 1.91. The molecule has 3 atom stereocenters. The maximum Gasteiger partial charge on any atom is 0.227 e. The summed E-state index contributed by atoms with van der Waals surface area (Å²) < 4.78 is 0. The summed E-state index contributed by atoms with van der Waals surface area (Å²) in [5.74, 6) is 1.06. The van der Waals surface area contributed by atoms with Crippen molar-refractivity contribution in [1.29, 1.82) is 0 Å². The van der Waals surface area contributed by atoms with E-state index in [1.807, 2.05) is 0 Å². The summed E-state index contributed by atoms with van der Waals surface area (Å²) in [7, 11) is 4.19. The second-order valence-corrected chi connectivity index (χ2v) is 5.43. The van der Waals surface area contributed by atoms with Gasteiger partial charge in [-0.15, -0.1) is 0 Å². The van der Waals surface area contributed by atoms with Crippen molar-refractivity contribution >= 4 is 5.91 Å². The molecule has 1 N–H and O–H groups in total. The monoisotopic (exact) mass is 225 g/mol. The van der Waals surface area contributed by atoms with Crippen molar-refractivity contribution in [3.63, 3.8) is 0 Å². The molecule has 4 nitrogen and oxygen atoms in total. The number of carbonyl (C=O) groups excluding carboxylic acids is 1. The molecule has 2 aliphatic rings. The minimum absolute atomic E-state index is 0.209. The van der Waals surface area contributed by atoms with E-state index in [-0.39, 0.29) is 5.92 Å². The molecule has 0 bridgehead atoms. The van der Waals surface area contributed by atoms with Crippen LogP contribution in [0.1, 0.15) is 13.3 Å². The number of hydrogen-bond acceptors (Lipinski definition) is 3. The quantitative estimate of drug-likeness (QED) is 0.719. The van der Waals surface area contributed by atoms with E-state index in [9.17, 15) is 4.79 Å². The maximum atomic E-state index is 12.3. The first-order chi connectivity index (χ1) is 7.59. The highest BCUT2D eigenvalue weighted by molar-refractivity contribution is 5.80. The van der Waals surface area contributed by atoms with E-state index in [4.69, 9.17) is 0 Å². The number of likely N-dealkylation sites (N-methyl/N-ethyl adjacent to an activating group) is 1. The number of rotatable bonds is 2. The molecule has 4 heteroatoms. The van der Waals surface area contributed by atoms with Gasteiger partial charge in [0.1, 0.15) is 0 Å².